The lowest BCUT2D eigenvalue weighted by Gasteiger charge is -2.37. The number of benzene rings is 2. The van der Waals surface area contributed by atoms with Crippen molar-refractivity contribution in [3.8, 4) is 6.07 Å². The van der Waals surface area contributed by atoms with E-state index in [1.54, 1.807) is 6.07 Å². The van der Waals surface area contributed by atoms with Gasteiger partial charge in [0, 0.05) is 43.0 Å². The van der Waals surface area contributed by atoms with Gasteiger partial charge in [-0.1, -0.05) is 17.7 Å². The first-order valence-electron chi connectivity index (χ1n) is 7.52. The number of nitriles is 1. The molecule has 0 atom stereocenters. The molecule has 0 amide bonds. The summed E-state index contributed by atoms with van der Waals surface area (Å²) in [4.78, 5) is 15.0. The molecule has 0 bridgehead atoms. The van der Waals surface area contributed by atoms with Crippen molar-refractivity contribution >= 4 is 28.7 Å². The summed E-state index contributed by atoms with van der Waals surface area (Å²) in [5, 5.41) is 21.0. The Hall–Kier alpha value is -2.78. The van der Waals surface area contributed by atoms with Gasteiger partial charge in [0.2, 0.25) is 0 Å². The Balaban J connectivity index is 1.80. The summed E-state index contributed by atoms with van der Waals surface area (Å²) < 4.78 is 0. The first-order chi connectivity index (χ1) is 11.6. The molecular formula is C17H15ClN4O2. The van der Waals surface area contributed by atoms with Crippen LogP contribution in [0.15, 0.2) is 42.5 Å². The zero-order valence-corrected chi connectivity index (χ0v) is 13.6. The molecule has 2 aromatic carbocycles. The third-order valence-electron chi connectivity index (χ3n) is 4.09. The van der Waals surface area contributed by atoms with Gasteiger partial charge in [-0.3, -0.25) is 10.1 Å². The molecule has 24 heavy (non-hydrogen) atoms. The molecule has 0 aromatic heterocycles. The average Bonchev–Trinajstić information content (AvgIpc) is 2.61. The van der Waals surface area contributed by atoms with E-state index in [0.717, 1.165) is 18.8 Å². The van der Waals surface area contributed by atoms with Crippen molar-refractivity contribution in [2.24, 2.45) is 0 Å². The van der Waals surface area contributed by atoms with Gasteiger partial charge in [0.1, 0.15) is 5.69 Å². The number of hydrogen-bond acceptors (Lipinski definition) is 5. The zero-order valence-electron chi connectivity index (χ0n) is 12.9. The highest BCUT2D eigenvalue weighted by molar-refractivity contribution is 6.30. The van der Waals surface area contributed by atoms with E-state index in [2.05, 4.69) is 4.90 Å². The summed E-state index contributed by atoms with van der Waals surface area (Å²) in [6.45, 7) is 2.74. The SMILES string of the molecule is N#Cc1ccc([N+](=O)[O-])c(N2CCN(c3cccc(Cl)c3)CC2)c1. The zero-order chi connectivity index (χ0) is 17.1. The molecule has 6 nitrogen and oxygen atoms in total. The molecule has 7 heteroatoms. The van der Waals surface area contributed by atoms with Crippen molar-refractivity contribution in [2.45, 2.75) is 0 Å². The smallest absolute Gasteiger partial charge is 0.292 e. The molecule has 0 N–H and O–H groups in total. The van der Waals surface area contributed by atoms with Crippen LogP contribution in [0.1, 0.15) is 5.56 Å². The quantitative estimate of drug-likeness (QED) is 0.631. The number of halogens is 1. The third-order valence-corrected chi connectivity index (χ3v) is 4.33. The maximum atomic E-state index is 11.3. The van der Waals surface area contributed by atoms with Crippen LogP contribution in [0.2, 0.25) is 5.02 Å². The van der Waals surface area contributed by atoms with Crippen LogP contribution in [-0.4, -0.2) is 31.1 Å². The summed E-state index contributed by atoms with van der Waals surface area (Å²) in [6, 6.07) is 14.2. The number of anilines is 2. The molecule has 1 fully saturated rings. The van der Waals surface area contributed by atoms with Crippen LogP contribution >= 0.6 is 11.6 Å². The van der Waals surface area contributed by atoms with Gasteiger partial charge in [-0.05, 0) is 30.3 Å². The number of nitrogens with zero attached hydrogens (tertiary/aromatic N) is 4. The molecule has 0 unspecified atom stereocenters. The predicted octanol–water partition coefficient (Wildman–Crippen LogP) is 3.45. The summed E-state index contributed by atoms with van der Waals surface area (Å²) in [6.07, 6.45) is 0. The maximum Gasteiger partial charge on any atom is 0.292 e. The van der Waals surface area contributed by atoms with Crippen molar-refractivity contribution in [1.29, 1.82) is 5.26 Å². The van der Waals surface area contributed by atoms with E-state index in [4.69, 9.17) is 16.9 Å². The second-order valence-corrected chi connectivity index (χ2v) is 5.96. The standard InChI is InChI=1S/C17H15ClN4O2/c18-14-2-1-3-15(11-14)20-6-8-21(9-7-20)17-10-13(12-19)4-5-16(17)22(23)24/h1-5,10-11H,6-9H2. The van der Waals surface area contributed by atoms with Crippen LogP contribution < -0.4 is 9.80 Å². The maximum absolute atomic E-state index is 11.3. The lowest BCUT2D eigenvalue weighted by atomic mass is 10.1. The molecule has 0 saturated carbocycles. The highest BCUT2D eigenvalue weighted by atomic mass is 35.5. The molecule has 1 aliphatic heterocycles. The van der Waals surface area contributed by atoms with Gasteiger partial charge >= 0.3 is 0 Å². The fourth-order valence-electron chi connectivity index (χ4n) is 2.88. The highest BCUT2D eigenvalue weighted by Crippen LogP contribution is 2.31. The van der Waals surface area contributed by atoms with E-state index in [9.17, 15) is 10.1 Å². The third kappa shape index (κ3) is 3.26. The number of piperazine rings is 1. The summed E-state index contributed by atoms with van der Waals surface area (Å²) >= 11 is 6.03. The van der Waals surface area contributed by atoms with E-state index in [0.29, 0.717) is 29.4 Å². The number of rotatable bonds is 3. The van der Waals surface area contributed by atoms with Gasteiger partial charge < -0.3 is 9.80 Å². The monoisotopic (exact) mass is 342 g/mol. The van der Waals surface area contributed by atoms with Gasteiger partial charge in [-0.15, -0.1) is 0 Å². The molecular weight excluding hydrogens is 328 g/mol. The van der Waals surface area contributed by atoms with E-state index in [-0.39, 0.29) is 5.69 Å². The first kappa shape index (κ1) is 16.1. The van der Waals surface area contributed by atoms with Crippen molar-refractivity contribution < 1.29 is 4.92 Å². The molecule has 3 rings (SSSR count). The summed E-state index contributed by atoms with van der Waals surface area (Å²) in [7, 11) is 0. The van der Waals surface area contributed by atoms with Crippen molar-refractivity contribution in [2.75, 3.05) is 36.0 Å². The molecule has 1 heterocycles. The Bertz CT molecular complexity index is 810. The second kappa shape index (κ2) is 6.77. The number of hydrogen-bond donors (Lipinski definition) is 0. The van der Waals surface area contributed by atoms with Gasteiger partial charge in [0.05, 0.1) is 16.6 Å². The lowest BCUT2D eigenvalue weighted by Crippen LogP contribution is -2.46. The first-order valence-corrected chi connectivity index (χ1v) is 7.90. The van der Waals surface area contributed by atoms with E-state index in [1.165, 1.54) is 12.1 Å². The molecule has 2 aromatic rings. The Morgan fingerprint density at radius 1 is 1.08 bits per heavy atom. The van der Waals surface area contributed by atoms with Gasteiger partial charge in [-0.25, -0.2) is 0 Å². The normalized spacial score (nSPS) is 14.3. The Labute approximate surface area is 144 Å². The topological polar surface area (TPSA) is 73.4 Å². The Kier molecular flexibility index (Phi) is 4.54. The van der Waals surface area contributed by atoms with Crippen LogP contribution in [0.5, 0.6) is 0 Å². The molecule has 1 saturated heterocycles. The highest BCUT2D eigenvalue weighted by Gasteiger charge is 2.24. The minimum Gasteiger partial charge on any atom is -0.368 e. The van der Waals surface area contributed by atoms with Crippen LogP contribution in [0.3, 0.4) is 0 Å². The second-order valence-electron chi connectivity index (χ2n) is 5.53. The van der Waals surface area contributed by atoms with Crippen LogP contribution in [0.25, 0.3) is 0 Å². The fraction of sp³-hybridized carbons (Fsp3) is 0.235. The fourth-order valence-corrected chi connectivity index (χ4v) is 3.06. The lowest BCUT2D eigenvalue weighted by molar-refractivity contribution is -0.384. The minimum absolute atomic E-state index is 0.0326. The minimum atomic E-state index is -0.403. The van der Waals surface area contributed by atoms with Crippen LogP contribution in [0.4, 0.5) is 17.1 Å². The predicted molar refractivity (Wildman–Crippen MR) is 93.7 cm³/mol. The molecule has 1 aliphatic rings. The Morgan fingerprint density at radius 2 is 1.79 bits per heavy atom. The number of nitro groups is 1. The summed E-state index contributed by atoms with van der Waals surface area (Å²) in [5.74, 6) is 0. The van der Waals surface area contributed by atoms with Gasteiger partial charge in [0.15, 0.2) is 0 Å². The van der Waals surface area contributed by atoms with Gasteiger partial charge in [0.25, 0.3) is 5.69 Å². The molecule has 0 spiro atoms. The van der Waals surface area contributed by atoms with Crippen molar-refractivity contribution in [3.05, 3.63) is 63.2 Å². The van der Waals surface area contributed by atoms with Crippen molar-refractivity contribution in [3.63, 3.8) is 0 Å². The van der Waals surface area contributed by atoms with E-state index >= 15 is 0 Å². The van der Waals surface area contributed by atoms with E-state index < -0.39 is 4.92 Å². The van der Waals surface area contributed by atoms with Gasteiger partial charge in [-0.2, -0.15) is 5.26 Å². The summed E-state index contributed by atoms with van der Waals surface area (Å²) in [5.41, 5.74) is 2.00. The number of nitro benzene ring substituents is 1. The van der Waals surface area contributed by atoms with Crippen molar-refractivity contribution in [1.82, 2.24) is 0 Å². The molecule has 0 radical (unpaired) electrons. The van der Waals surface area contributed by atoms with Crippen LogP contribution in [0, 0.1) is 21.4 Å². The average molecular weight is 343 g/mol. The Morgan fingerprint density at radius 3 is 2.42 bits per heavy atom. The molecule has 122 valence electrons. The van der Waals surface area contributed by atoms with Crippen LogP contribution in [-0.2, 0) is 0 Å². The molecule has 0 aliphatic carbocycles. The van der Waals surface area contributed by atoms with E-state index in [1.807, 2.05) is 35.2 Å². The largest absolute Gasteiger partial charge is 0.368 e.